The predicted molar refractivity (Wildman–Crippen MR) is 58.5 cm³/mol. The standard InChI is InChI=1S/C13H11F3O/c1-2-3-4-8-12(17)10-6-5-7-11(9-10)13(14,15)16/h5-7,9H,4,8H2,1H3. The third-order valence-corrected chi connectivity index (χ3v) is 2.17. The van der Waals surface area contributed by atoms with Crippen LogP contribution in [0, 0.1) is 11.8 Å². The first-order chi connectivity index (χ1) is 7.95. The van der Waals surface area contributed by atoms with Crippen molar-refractivity contribution in [2.24, 2.45) is 0 Å². The van der Waals surface area contributed by atoms with Crippen molar-refractivity contribution in [1.29, 1.82) is 0 Å². The lowest BCUT2D eigenvalue weighted by Crippen LogP contribution is -2.07. The number of carbonyl (C=O) groups is 1. The normalized spacial score (nSPS) is 10.6. The number of hydrogen-bond acceptors (Lipinski definition) is 1. The van der Waals surface area contributed by atoms with Gasteiger partial charge in [-0.15, -0.1) is 11.8 Å². The van der Waals surface area contributed by atoms with Gasteiger partial charge in [0.25, 0.3) is 0 Å². The lowest BCUT2D eigenvalue weighted by Gasteiger charge is -2.07. The van der Waals surface area contributed by atoms with Crippen LogP contribution < -0.4 is 0 Å². The van der Waals surface area contributed by atoms with Gasteiger partial charge in [-0.05, 0) is 19.1 Å². The van der Waals surface area contributed by atoms with Crippen LogP contribution in [0.25, 0.3) is 0 Å². The molecule has 17 heavy (non-hydrogen) atoms. The molecule has 1 nitrogen and oxygen atoms in total. The van der Waals surface area contributed by atoms with E-state index in [0.717, 1.165) is 12.1 Å². The lowest BCUT2D eigenvalue weighted by atomic mass is 10.0. The monoisotopic (exact) mass is 240 g/mol. The summed E-state index contributed by atoms with van der Waals surface area (Å²) in [5.41, 5.74) is -0.720. The average molecular weight is 240 g/mol. The van der Waals surface area contributed by atoms with E-state index in [1.165, 1.54) is 12.1 Å². The molecule has 0 spiro atoms. The fourth-order valence-electron chi connectivity index (χ4n) is 1.31. The fourth-order valence-corrected chi connectivity index (χ4v) is 1.31. The highest BCUT2D eigenvalue weighted by atomic mass is 19.4. The molecule has 90 valence electrons. The van der Waals surface area contributed by atoms with Gasteiger partial charge in [-0.1, -0.05) is 12.1 Å². The van der Waals surface area contributed by atoms with E-state index in [9.17, 15) is 18.0 Å². The Bertz CT molecular complexity index is 464. The molecular weight excluding hydrogens is 229 g/mol. The molecule has 0 N–H and O–H groups in total. The molecular formula is C13H11F3O. The zero-order valence-corrected chi connectivity index (χ0v) is 9.27. The summed E-state index contributed by atoms with van der Waals surface area (Å²) in [5.74, 6) is 5.01. The van der Waals surface area contributed by atoms with Crippen molar-refractivity contribution >= 4 is 5.78 Å². The van der Waals surface area contributed by atoms with Crippen molar-refractivity contribution < 1.29 is 18.0 Å². The number of halogens is 3. The van der Waals surface area contributed by atoms with E-state index in [4.69, 9.17) is 0 Å². The summed E-state index contributed by atoms with van der Waals surface area (Å²) >= 11 is 0. The van der Waals surface area contributed by atoms with Gasteiger partial charge in [0.05, 0.1) is 5.56 Å². The number of Topliss-reactive ketones (excluding diaryl/α,β-unsaturated/α-hetero) is 1. The minimum atomic E-state index is -4.42. The van der Waals surface area contributed by atoms with Crippen molar-refractivity contribution in [3.05, 3.63) is 35.4 Å². The predicted octanol–water partition coefficient (Wildman–Crippen LogP) is 3.69. The maximum Gasteiger partial charge on any atom is 0.416 e. The maximum absolute atomic E-state index is 12.4. The summed E-state index contributed by atoms with van der Waals surface area (Å²) in [6.07, 6.45) is -3.91. The van der Waals surface area contributed by atoms with E-state index < -0.39 is 11.7 Å². The van der Waals surface area contributed by atoms with Gasteiger partial charge in [0.15, 0.2) is 5.78 Å². The Morgan fingerprint density at radius 1 is 1.35 bits per heavy atom. The quantitative estimate of drug-likeness (QED) is 0.581. The first kappa shape index (κ1) is 13.3. The number of ketones is 1. The van der Waals surface area contributed by atoms with Gasteiger partial charge in [0.2, 0.25) is 0 Å². The molecule has 0 aliphatic rings. The highest BCUT2D eigenvalue weighted by Gasteiger charge is 2.30. The SMILES string of the molecule is CC#CCCC(=O)c1cccc(C(F)(F)F)c1. The summed E-state index contributed by atoms with van der Waals surface area (Å²) in [5, 5.41) is 0. The molecule has 0 bridgehead atoms. The van der Waals surface area contributed by atoms with Crippen LogP contribution in [-0.2, 0) is 6.18 Å². The number of carbonyl (C=O) groups excluding carboxylic acids is 1. The largest absolute Gasteiger partial charge is 0.416 e. The van der Waals surface area contributed by atoms with Gasteiger partial charge in [0, 0.05) is 18.4 Å². The summed E-state index contributed by atoms with van der Waals surface area (Å²) in [7, 11) is 0. The summed E-state index contributed by atoms with van der Waals surface area (Å²) in [6, 6.07) is 4.45. The van der Waals surface area contributed by atoms with Gasteiger partial charge in [-0.3, -0.25) is 4.79 Å². The van der Waals surface area contributed by atoms with Gasteiger partial charge in [0.1, 0.15) is 0 Å². The molecule has 0 atom stereocenters. The zero-order valence-electron chi connectivity index (χ0n) is 9.27. The van der Waals surface area contributed by atoms with Crippen molar-refractivity contribution in [2.75, 3.05) is 0 Å². The molecule has 0 radical (unpaired) electrons. The van der Waals surface area contributed by atoms with Crippen molar-refractivity contribution in [3.63, 3.8) is 0 Å². The third kappa shape index (κ3) is 3.95. The number of rotatable bonds is 3. The number of hydrogen-bond donors (Lipinski definition) is 0. The summed E-state index contributed by atoms with van der Waals surface area (Å²) in [4.78, 5) is 11.6. The molecule has 1 aromatic carbocycles. The molecule has 0 saturated carbocycles. The highest BCUT2D eigenvalue weighted by Crippen LogP contribution is 2.29. The maximum atomic E-state index is 12.4. The Morgan fingerprint density at radius 2 is 2.06 bits per heavy atom. The van der Waals surface area contributed by atoms with Crippen molar-refractivity contribution in [1.82, 2.24) is 0 Å². The van der Waals surface area contributed by atoms with Crippen LogP contribution in [0.3, 0.4) is 0 Å². The topological polar surface area (TPSA) is 17.1 Å². The molecule has 0 aliphatic carbocycles. The zero-order chi connectivity index (χ0) is 12.9. The van der Waals surface area contributed by atoms with Crippen LogP contribution >= 0.6 is 0 Å². The van der Waals surface area contributed by atoms with Gasteiger partial charge >= 0.3 is 6.18 Å². The molecule has 1 aromatic rings. The highest BCUT2D eigenvalue weighted by molar-refractivity contribution is 5.96. The second kappa shape index (κ2) is 5.53. The van der Waals surface area contributed by atoms with E-state index in [1.807, 2.05) is 0 Å². The fraction of sp³-hybridized carbons (Fsp3) is 0.308. The van der Waals surface area contributed by atoms with E-state index in [0.29, 0.717) is 6.42 Å². The number of alkyl halides is 3. The van der Waals surface area contributed by atoms with E-state index >= 15 is 0 Å². The molecule has 0 aliphatic heterocycles. The van der Waals surface area contributed by atoms with Crippen molar-refractivity contribution in [3.8, 4) is 11.8 Å². The Hall–Kier alpha value is -1.76. The number of benzene rings is 1. The van der Waals surface area contributed by atoms with Gasteiger partial charge in [-0.25, -0.2) is 0 Å². The molecule has 4 heteroatoms. The molecule has 0 unspecified atom stereocenters. The third-order valence-electron chi connectivity index (χ3n) is 2.17. The van der Waals surface area contributed by atoms with Crippen LogP contribution in [-0.4, -0.2) is 5.78 Å². The molecule has 0 aromatic heterocycles. The summed E-state index contributed by atoms with van der Waals surface area (Å²) in [6.45, 7) is 1.65. The molecule has 0 fully saturated rings. The minimum absolute atomic E-state index is 0.0812. The molecule has 0 amide bonds. The van der Waals surface area contributed by atoms with Gasteiger partial charge < -0.3 is 0 Å². The Balaban J connectivity index is 2.83. The van der Waals surface area contributed by atoms with E-state index in [1.54, 1.807) is 6.92 Å². The average Bonchev–Trinajstić information content (AvgIpc) is 2.28. The summed E-state index contributed by atoms with van der Waals surface area (Å²) < 4.78 is 37.2. The Labute approximate surface area is 97.6 Å². The molecule has 1 rings (SSSR count). The Morgan fingerprint density at radius 3 is 2.65 bits per heavy atom. The van der Waals surface area contributed by atoms with Crippen LogP contribution in [0.1, 0.15) is 35.7 Å². The first-order valence-corrected chi connectivity index (χ1v) is 5.05. The molecule has 0 saturated heterocycles. The molecule has 0 heterocycles. The minimum Gasteiger partial charge on any atom is -0.294 e. The van der Waals surface area contributed by atoms with E-state index in [-0.39, 0.29) is 17.8 Å². The van der Waals surface area contributed by atoms with E-state index in [2.05, 4.69) is 11.8 Å². The first-order valence-electron chi connectivity index (χ1n) is 5.05. The van der Waals surface area contributed by atoms with Crippen LogP contribution in [0.4, 0.5) is 13.2 Å². The Kier molecular flexibility index (Phi) is 4.33. The second-order valence-electron chi connectivity index (χ2n) is 3.43. The van der Waals surface area contributed by atoms with Crippen LogP contribution in [0.5, 0.6) is 0 Å². The lowest BCUT2D eigenvalue weighted by molar-refractivity contribution is -0.137. The van der Waals surface area contributed by atoms with Crippen LogP contribution in [0.2, 0.25) is 0 Å². The van der Waals surface area contributed by atoms with Crippen LogP contribution in [0.15, 0.2) is 24.3 Å². The van der Waals surface area contributed by atoms with Gasteiger partial charge in [-0.2, -0.15) is 13.2 Å². The smallest absolute Gasteiger partial charge is 0.294 e. The van der Waals surface area contributed by atoms with Crippen molar-refractivity contribution in [2.45, 2.75) is 25.9 Å². The second-order valence-corrected chi connectivity index (χ2v) is 3.43.